The molecule has 0 aliphatic heterocycles. The van der Waals surface area contributed by atoms with Gasteiger partial charge in [-0.1, -0.05) is 5.21 Å². The van der Waals surface area contributed by atoms with Gasteiger partial charge in [-0.15, -0.1) is 5.10 Å². The van der Waals surface area contributed by atoms with Crippen molar-refractivity contribution in [3.05, 3.63) is 35.2 Å². The molecule has 1 amide bonds. The predicted molar refractivity (Wildman–Crippen MR) is 63.2 cm³/mol. The summed E-state index contributed by atoms with van der Waals surface area (Å²) in [6.45, 7) is 1.58. The average molecular weight is 262 g/mol. The van der Waals surface area contributed by atoms with Crippen LogP contribution in [-0.4, -0.2) is 37.1 Å². The minimum Gasteiger partial charge on any atom is -0.507 e. The van der Waals surface area contributed by atoms with Crippen molar-refractivity contribution in [1.82, 2.24) is 15.0 Å². The molecule has 8 nitrogen and oxygen atoms in total. The van der Waals surface area contributed by atoms with Gasteiger partial charge in [-0.25, -0.2) is 9.48 Å². The normalized spacial score (nSPS) is 10.4. The van der Waals surface area contributed by atoms with Gasteiger partial charge in [-0.2, -0.15) is 0 Å². The Morgan fingerprint density at radius 1 is 1.37 bits per heavy atom. The van der Waals surface area contributed by atoms with Crippen molar-refractivity contribution >= 4 is 11.9 Å². The molecule has 19 heavy (non-hydrogen) atoms. The molecule has 0 fully saturated rings. The lowest BCUT2D eigenvalue weighted by atomic mass is 10.1. The molecule has 0 radical (unpaired) electrons. The number of rotatable bonds is 3. The molecule has 8 heteroatoms. The lowest BCUT2D eigenvalue weighted by Crippen LogP contribution is -2.13. The lowest BCUT2D eigenvalue weighted by molar-refractivity contribution is 0.0693. The van der Waals surface area contributed by atoms with Crippen LogP contribution in [0.2, 0.25) is 0 Å². The van der Waals surface area contributed by atoms with E-state index < -0.39 is 11.9 Å². The molecule has 98 valence electrons. The van der Waals surface area contributed by atoms with Crippen molar-refractivity contribution < 1.29 is 19.8 Å². The van der Waals surface area contributed by atoms with Crippen molar-refractivity contribution in [3.63, 3.8) is 0 Å². The van der Waals surface area contributed by atoms with Gasteiger partial charge in [0.15, 0.2) is 5.69 Å². The Balaban J connectivity index is 2.57. The van der Waals surface area contributed by atoms with E-state index in [2.05, 4.69) is 10.3 Å². The van der Waals surface area contributed by atoms with Crippen LogP contribution in [-0.2, 0) is 0 Å². The van der Waals surface area contributed by atoms with Gasteiger partial charge in [-0.3, -0.25) is 4.79 Å². The van der Waals surface area contributed by atoms with Crippen LogP contribution in [0.25, 0.3) is 5.69 Å². The third-order valence-electron chi connectivity index (χ3n) is 2.58. The van der Waals surface area contributed by atoms with Gasteiger partial charge in [0.1, 0.15) is 11.3 Å². The number of aromatic hydroxyl groups is 1. The van der Waals surface area contributed by atoms with E-state index in [4.69, 9.17) is 10.8 Å². The van der Waals surface area contributed by atoms with Crippen LogP contribution in [0.4, 0.5) is 0 Å². The van der Waals surface area contributed by atoms with Gasteiger partial charge >= 0.3 is 5.97 Å². The molecule has 1 aromatic heterocycles. The van der Waals surface area contributed by atoms with Gasteiger partial charge in [0.05, 0.1) is 11.4 Å². The van der Waals surface area contributed by atoms with Gasteiger partial charge in [-0.05, 0) is 25.1 Å². The Kier molecular flexibility index (Phi) is 2.91. The number of phenols is 1. The van der Waals surface area contributed by atoms with Crippen molar-refractivity contribution in [3.8, 4) is 11.4 Å². The second-order valence-electron chi connectivity index (χ2n) is 3.81. The zero-order valence-corrected chi connectivity index (χ0v) is 9.86. The number of carboxylic acids is 1. The molecule has 0 bridgehead atoms. The van der Waals surface area contributed by atoms with Crippen LogP contribution in [0.1, 0.15) is 26.5 Å². The molecule has 2 rings (SSSR count). The number of nitrogens with zero attached hydrogens (tertiary/aromatic N) is 3. The zero-order valence-electron chi connectivity index (χ0n) is 9.86. The highest BCUT2D eigenvalue weighted by atomic mass is 16.4. The highest BCUT2D eigenvalue weighted by Gasteiger charge is 2.17. The number of carbonyl (C=O) groups is 2. The minimum absolute atomic E-state index is 0.00458. The van der Waals surface area contributed by atoms with Crippen LogP contribution in [0.3, 0.4) is 0 Å². The number of primary amides is 1. The fraction of sp³-hybridized carbons (Fsp3) is 0.0909. The van der Waals surface area contributed by atoms with Crippen molar-refractivity contribution in [2.75, 3.05) is 0 Å². The second kappa shape index (κ2) is 4.41. The van der Waals surface area contributed by atoms with Crippen LogP contribution >= 0.6 is 0 Å². The Morgan fingerprint density at radius 2 is 2.05 bits per heavy atom. The first kappa shape index (κ1) is 12.6. The van der Waals surface area contributed by atoms with Crippen molar-refractivity contribution in [2.45, 2.75) is 6.92 Å². The van der Waals surface area contributed by atoms with Gasteiger partial charge in [0.2, 0.25) is 0 Å². The SMILES string of the molecule is Cc1c(C(N)=O)nnn1-c1ccc(O)c(C(=O)O)c1. The van der Waals surface area contributed by atoms with E-state index in [-0.39, 0.29) is 17.0 Å². The molecule has 0 spiro atoms. The lowest BCUT2D eigenvalue weighted by Gasteiger charge is -2.06. The first-order valence-electron chi connectivity index (χ1n) is 5.20. The summed E-state index contributed by atoms with van der Waals surface area (Å²) in [5, 5.41) is 25.7. The summed E-state index contributed by atoms with van der Waals surface area (Å²) in [6, 6.07) is 3.90. The number of aromatic nitrogens is 3. The van der Waals surface area contributed by atoms with Crippen LogP contribution in [0.15, 0.2) is 18.2 Å². The second-order valence-corrected chi connectivity index (χ2v) is 3.81. The first-order valence-corrected chi connectivity index (χ1v) is 5.20. The molecule has 0 saturated heterocycles. The quantitative estimate of drug-likeness (QED) is 0.717. The standard InChI is InChI=1S/C11H10N4O4/c1-5-9(10(12)17)13-14-15(5)6-2-3-8(16)7(4-6)11(18)19/h2-4,16H,1H3,(H2,12,17)(H,18,19). The molecular formula is C11H10N4O4. The fourth-order valence-electron chi connectivity index (χ4n) is 1.63. The van der Waals surface area contributed by atoms with Crippen LogP contribution < -0.4 is 5.73 Å². The molecule has 0 aliphatic carbocycles. The molecule has 2 aromatic rings. The Labute approximate surface area is 107 Å². The summed E-state index contributed by atoms with van der Waals surface area (Å²) in [7, 11) is 0. The van der Waals surface area contributed by atoms with Crippen molar-refractivity contribution in [2.24, 2.45) is 5.73 Å². The maximum absolute atomic E-state index is 11.1. The topological polar surface area (TPSA) is 131 Å². The summed E-state index contributed by atoms with van der Waals surface area (Å²) >= 11 is 0. The maximum atomic E-state index is 11.1. The smallest absolute Gasteiger partial charge is 0.339 e. The summed E-state index contributed by atoms with van der Waals surface area (Å²) in [5.74, 6) is -2.35. The third-order valence-corrected chi connectivity index (χ3v) is 2.58. The largest absolute Gasteiger partial charge is 0.507 e. The maximum Gasteiger partial charge on any atom is 0.339 e. The number of amides is 1. The first-order chi connectivity index (χ1) is 8.91. The number of nitrogens with two attached hydrogens (primary N) is 1. The van der Waals surface area contributed by atoms with Gasteiger partial charge < -0.3 is 15.9 Å². The summed E-state index contributed by atoms with van der Waals surface area (Å²) in [6.07, 6.45) is 0. The highest BCUT2D eigenvalue weighted by Crippen LogP contribution is 2.21. The van der Waals surface area contributed by atoms with E-state index >= 15 is 0 Å². The highest BCUT2D eigenvalue weighted by molar-refractivity contribution is 5.92. The number of hydrogen-bond acceptors (Lipinski definition) is 5. The summed E-state index contributed by atoms with van der Waals surface area (Å²) < 4.78 is 1.27. The molecule has 0 unspecified atom stereocenters. The van der Waals surface area contributed by atoms with E-state index in [1.165, 1.54) is 22.9 Å². The molecular weight excluding hydrogens is 252 g/mol. The molecule has 1 heterocycles. The number of benzene rings is 1. The molecule has 0 saturated carbocycles. The average Bonchev–Trinajstić information content (AvgIpc) is 2.71. The Hall–Kier alpha value is -2.90. The molecule has 0 aliphatic rings. The fourth-order valence-corrected chi connectivity index (χ4v) is 1.63. The third kappa shape index (κ3) is 2.10. The van der Waals surface area contributed by atoms with E-state index in [1.54, 1.807) is 6.92 Å². The monoisotopic (exact) mass is 262 g/mol. The minimum atomic E-state index is -1.27. The van der Waals surface area contributed by atoms with Crippen molar-refractivity contribution in [1.29, 1.82) is 0 Å². The predicted octanol–water partition coefficient (Wildman–Crippen LogP) is 0.0784. The summed E-state index contributed by atoms with van der Waals surface area (Å²) in [4.78, 5) is 22.0. The Bertz CT molecular complexity index is 677. The number of aromatic carboxylic acids is 1. The number of carbonyl (C=O) groups excluding carboxylic acids is 1. The molecule has 1 aromatic carbocycles. The van der Waals surface area contributed by atoms with E-state index in [1.807, 2.05) is 0 Å². The Morgan fingerprint density at radius 3 is 2.58 bits per heavy atom. The van der Waals surface area contributed by atoms with Crippen LogP contribution in [0.5, 0.6) is 5.75 Å². The number of carboxylic acid groups (broad SMARTS) is 1. The van der Waals surface area contributed by atoms with E-state index in [9.17, 15) is 14.7 Å². The summed E-state index contributed by atoms with van der Waals surface area (Å²) in [5.41, 5.74) is 5.59. The van der Waals surface area contributed by atoms with Gasteiger partial charge in [0, 0.05) is 0 Å². The zero-order chi connectivity index (χ0) is 14.2. The molecule has 0 atom stereocenters. The number of hydrogen-bond donors (Lipinski definition) is 3. The molecule has 4 N–H and O–H groups in total. The van der Waals surface area contributed by atoms with E-state index in [0.717, 1.165) is 0 Å². The van der Waals surface area contributed by atoms with E-state index in [0.29, 0.717) is 11.4 Å². The van der Waals surface area contributed by atoms with Crippen LogP contribution in [0, 0.1) is 6.92 Å². The van der Waals surface area contributed by atoms with Gasteiger partial charge in [0.25, 0.3) is 5.91 Å².